The Balaban J connectivity index is 1.74. The predicted molar refractivity (Wildman–Crippen MR) is 126 cm³/mol. The maximum absolute atomic E-state index is 13.0. The minimum absolute atomic E-state index is 0.0307. The minimum atomic E-state index is -0.899. The smallest absolute Gasteiger partial charge is 0.252 e. The molecule has 3 rings (SSSR count). The van der Waals surface area contributed by atoms with E-state index < -0.39 is 11.9 Å². The molecule has 0 aliphatic carbocycles. The van der Waals surface area contributed by atoms with Crippen molar-refractivity contribution >= 4 is 34.2 Å². The van der Waals surface area contributed by atoms with Gasteiger partial charge in [-0.3, -0.25) is 14.4 Å². The van der Waals surface area contributed by atoms with Gasteiger partial charge in [0, 0.05) is 24.7 Å². The van der Waals surface area contributed by atoms with Crippen LogP contribution in [0.2, 0.25) is 0 Å². The third kappa shape index (κ3) is 5.50. The van der Waals surface area contributed by atoms with Crippen molar-refractivity contribution in [3.8, 4) is 0 Å². The van der Waals surface area contributed by atoms with Gasteiger partial charge in [0.2, 0.25) is 11.8 Å². The predicted octanol–water partition coefficient (Wildman–Crippen LogP) is 3.04. The second kappa shape index (κ2) is 10.1. The third-order valence-corrected chi connectivity index (χ3v) is 5.29. The fourth-order valence-electron chi connectivity index (χ4n) is 3.51. The Morgan fingerprint density at radius 3 is 2.47 bits per heavy atom. The highest BCUT2D eigenvalue weighted by atomic mass is 16.2. The van der Waals surface area contributed by atoms with Crippen LogP contribution in [0.5, 0.6) is 0 Å². The fourth-order valence-corrected chi connectivity index (χ4v) is 3.51. The van der Waals surface area contributed by atoms with Crippen LogP contribution in [0.4, 0.5) is 5.69 Å². The molecule has 0 aliphatic rings. The first kappa shape index (κ1) is 23.0. The standard InChI is InChI=1S/C25H28N4O3/c1-15-11-12-19(29-25(32)23(26)14-27-17(3)30)13-22(15)24(31)28-16(2)20-10-6-8-18-7-4-5-9-21(18)20/h4-13,16,23H,14,26H2,1-3H3,(H,27,30)(H,28,31)(H,29,32)/t16-,23+/m1/s1. The molecule has 0 aromatic heterocycles. The van der Waals surface area contributed by atoms with Crippen molar-refractivity contribution in [2.75, 3.05) is 11.9 Å². The van der Waals surface area contributed by atoms with Crippen molar-refractivity contribution in [3.05, 3.63) is 77.4 Å². The Morgan fingerprint density at radius 1 is 1.00 bits per heavy atom. The third-order valence-electron chi connectivity index (χ3n) is 5.29. The van der Waals surface area contributed by atoms with Crippen LogP contribution >= 0.6 is 0 Å². The molecule has 3 amide bonds. The van der Waals surface area contributed by atoms with Crippen molar-refractivity contribution in [1.82, 2.24) is 10.6 Å². The molecule has 3 aromatic carbocycles. The number of fused-ring (bicyclic) bond motifs is 1. The van der Waals surface area contributed by atoms with Crippen LogP contribution in [0.3, 0.4) is 0 Å². The summed E-state index contributed by atoms with van der Waals surface area (Å²) in [5.41, 5.74) is 8.55. The molecule has 0 spiro atoms. The zero-order chi connectivity index (χ0) is 23.3. The number of anilines is 1. The average Bonchev–Trinajstić information content (AvgIpc) is 2.78. The van der Waals surface area contributed by atoms with Crippen LogP contribution in [0, 0.1) is 6.92 Å². The molecule has 7 nitrogen and oxygen atoms in total. The van der Waals surface area contributed by atoms with Crippen molar-refractivity contribution in [2.45, 2.75) is 32.9 Å². The Hall–Kier alpha value is -3.71. The number of amides is 3. The SMILES string of the molecule is CC(=O)NC[C@H](N)C(=O)Nc1ccc(C)c(C(=O)N[C@H](C)c2cccc3ccccc23)c1. The van der Waals surface area contributed by atoms with Gasteiger partial charge in [-0.1, -0.05) is 48.5 Å². The second-order valence-corrected chi connectivity index (χ2v) is 7.83. The van der Waals surface area contributed by atoms with E-state index in [1.807, 2.05) is 56.3 Å². The van der Waals surface area contributed by atoms with Gasteiger partial charge in [-0.2, -0.15) is 0 Å². The average molecular weight is 433 g/mol. The molecule has 0 saturated heterocycles. The van der Waals surface area contributed by atoms with Gasteiger partial charge >= 0.3 is 0 Å². The molecule has 0 unspecified atom stereocenters. The summed E-state index contributed by atoms with van der Waals surface area (Å²) in [6, 6.07) is 18.1. The number of benzene rings is 3. The van der Waals surface area contributed by atoms with Gasteiger partial charge in [-0.15, -0.1) is 0 Å². The molecule has 166 valence electrons. The van der Waals surface area contributed by atoms with Gasteiger partial charge in [-0.25, -0.2) is 0 Å². The van der Waals surface area contributed by atoms with Crippen molar-refractivity contribution < 1.29 is 14.4 Å². The summed E-state index contributed by atoms with van der Waals surface area (Å²) < 4.78 is 0. The van der Waals surface area contributed by atoms with E-state index in [1.165, 1.54) is 6.92 Å². The minimum Gasteiger partial charge on any atom is -0.354 e. The summed E-state index contributed by atoms with van der Waals surface area (Å²) in [6.45, 7) is 5.17. The number of nitrogens with one attached hydrogen (secondary N) is 3. The summed E-state index contributed by atoms with van der Waals surface area (Å²) in [4.78, 5) is 36.3. The number of carbonyl (C=O) groups is 3. The molecule has 2 atom stereocenters. The first-order valence-electron chi connectivity index (χ1n) is 10.5. The van der Waals surface area contributed by atoms with E-state index in [2.05, 4.69) is 16.0 Å². The van der Waals surface area contributed by atoms with Crippen LogP contribution in [0.25, 0.3) is 10.8 Å². The number of carbonyl (C=O) groups excluding carboxylic acids is 3. The highest BCUT2D eigenvalue weighted by Gasteiger charge is 2.18. The van der Waals surface area contributed by atoms with Gasteiger partial charge in [0.25, 0.3) is 5.91 Å². The molecular weight excluding hydrogens is 404 g/mol. The lowest BCUT2D eigenvalue weighted by molar-refractivity contribution is -0.119. The topological polar surface area (TPSA) is 113 Å². The Bertz CT molecular complexity index is 1150. The van der Waals surface area contributed by atoms with Crippen LogP contribution in [0.15, 0.2) is 60.7 Å². The molecule has 0 fully saturated rings. The molecule has 0 bridgehead atoms. The maximum Gasteiger partial charge on any atom is 0.252 e. The van der Waals surface area contributed by atoms with Gasteiger partial charge in [0.05, 0.1) is 6.04 Å². The highest BCUT2D eigenvalue weighted by molar-refractivity contribution is 6.00. The van der Waals surface area contributed by atoms with Crippen LogP contribution < -0.4 is 21.7 Å². The van der Waals surface area contributed by atoms with E-state index in [0.717, 1.165) is 21.9 Å². The lowest BCUT2D eigenvalue weighted by atomic mass is 9.99. The summed E-state index contributed by atoms with van der Waals surface area (Å²) in [6.07, 6.45) is 0. The molecule has 0 aliphatic heterocycles. The Kier molecular flexibility index (Phi) is 7.22. The lowest BCUT2D eigenvalue weighted by Gasteiger charge is -2.18. The van der Waals surface area contributed by atoms with Crippen LogP contribution in [-0.4, -0.2) is 30.3 Å². The zero-order valence-electron chi connectivity index (χ0n) is 18.4. The first-order valence-corrected chi connectivity index (χ1v) is 10.5. The van der Waals surface area contributed by atoms with Gasteiger partial charge in [0.15, 0.2) is 0 Å². The molecule has 0 radical (unpaired) electrons. The molecule has 3 aromatic rings. The van der Waals surface area contributed by atoms with E-state index in [-0.39, 0.29) is 24.4 Å². The van der Waals surface area contributed by atoms with E-state index in [4.69, 9.17) is 5.73 Å². The summed E-state index contributed by atoms with van der Waals surface area (Å²) >= 11 is 0. The van der Waals surface area contributed by atoms with Crippen molar-refractivity contribution in [2.24, 2.45) is 5.73 Å². The highest BCUT2D eigenvalue weighted by Crippen LogP contribution is 2.25. The van der Waals surface area contributed by atoms with Gasteiger partial charge in [-0.05, 0) is 47.9 Å². The van der Waals surface area contributed by atoms with Gasteiger partial charge in [0.1, 0.15) is 6.04 Å². The van der Waals surface area contributed by atoms with Crippen molar-refractivity contribution in [1.29, 1.82) is 0 Å². The first-order chi connectivity index (χ1) is 15.3. The van der Waals surface area contributed by atoms with Crippen molar-refractivity contribution in [3.63, 3.8) is 0 Å². The normalized spacial score (nSPS) is 12.6. The number of aryl methyl sites for hydroxylation is 1. The van der Waals surface area contributed by atoms with E-state index in [1.54, 1.807) is 18.2 Å². The maximum atomic E-state index is 13.0. The second-order valence-electron chi connectivity index (χ2n) is 7.83. The number of hydrogen-bond donors (Lipinski definition) is 4. The van der Waals surface area contributed by atoms with Gasteiger partial charge < -0.3 is 21.7 Å². The fraction of sp³-hybridized carbons (Fsp3) is 0.240. The molecular formula is C25H28N4O3. The van der Waals surface area contributed by atoms with E-state index in [0.29, 0.717) is 11.3 Å². The number of hydrogen-bond acceptors (Lipinski definition) is 4. The number of nitrogens with two attached hydrogens (primary N) is 1. The summed E-state index contributed by atoms with van der Waals surface area (Å²) in [7, 11) is 0. The largest absolute Gasteiger partial charge is 0.354 e. The lowest BCUT2D eigenvalue weighted by Crippen LogP contribution is -2.44. The zero-order valence-corrected chi connectivity index (χ0v) is 18.4. The number of rotatable bonds is 7. The molecule has 32 heavy (non-hydrogen) atoms. The van der Waals surface area contributed by atoms with E-state index in [9.17, 15) is 14.4 Å². The Labute approximate surface area is 187 Å². The molecule has 7 heteroatoms. The van der Waals surface area contributed by atoms with E-state index >= 15 is 0 Å². The quantitative estimate of drug-likeness (QED) is 0.459. The molecule has 0 saturated carbocycles. The molecule has 0 heterocycles. The molecule has 5 N–H and O–H groups in total. The Morgan fingerprint density at radius 2 is 1.72 bits per heavy atom. The monoisotopic (exact) mass is 432 g/mol. The van der Waals surface area contributed by atoms with Crippen LogP contribution in [0.1, 0.15) is 41.4 Å². The van der Waals surface area contributed by atoms with Crippen LogP contribution in [-0.2, 0) is 9.59 Å². The summed E-state index contributed by atoms with van der Waals surface area (Å²) in [5, 5.41) is 10.5. The summed E-state index contributed by atoms with van der Waals surface area (Å²) in [5.74, 6) is -0.942.